The first kappa shape index (κ1) is 21.7. The normalized spacial score (nSPS) is 10.3. The molecule has 6 nitrogen and oxygen atoms in total. The molecule has 2 aromatic heterocycles. The van der Waals surface area contributed by atoms with Gasteiger partial charge in [0.05, 0.1) is 5.56 Å². The van der Waals surface area contributed by atoms with Gasteiger partial charge in [0.2, 0.25) is 5.91 Å². The predicted octanol–water partition coefficient (Wildman–Crippen LogP) is 5.22. The molecule has 1 amide bonds. The van der Waals surface area contributed by atoms with Gasteiger partial charge in [-0.25, -0.2) is 4.98 Å². The van der Waals surface area contributed by atoms with Gasteiger partial charge in [0.25, 0.3) is 0 Å². The second-order valence-corrected chi connectivity index (χ2v) is 8.63. The molecule has 0 atom stereocenters. The lowest BCUT2D eigenvalue weighted by molar-refractivity contribution is -0.115. The zero-order valence-electron chi connectivity index (χ0n) is 15.9. The molecule has 0 radical (unpaired) electrons. The molecule has 30 heavy (non-hydrogen) atoms. The number of carbonyl (C=O) groups is 1. The Hall–Kier alpha value is -3.04. The maximum atomic E-state index is 12.3. The maximum Gasteiger partial charge on any atom is 0.225 e. The lowest BCUT2D eigenvalue weighted by Crippen LogP contribution is -2.13. The summed E-state index contributed by atoms with van der Waals surface area (Å²) in [5.74, 6) is 0.287. The lowest BCUT2D eigenvalue weighted by Gasteiger charge is -2.12. The number of thioether (sulfide) groups is 1. The van der Waals surface area contributed by atoms with Gasteiger partial charge < -0.3 is 11.1 Å². The molecular formula is C21H16ClN5OS2. The first-order valence-corrected chi connectivity index (χ1v) is 11.1. The molecule has 0 saturated heterocycles. The Morgan fingerprint density at radius 3 is 2.70 bits per heavy atom. The van der Waals surface area contributed by atoms with Crippen LogP contribution in [0.2, 0.25) is 5.02 Å². The Kier molecular flexibility index (Phi) is 6.96. The van der Waals surface area contributed by atoms with Gasteiger partial charge >= 0.3 is 0 Å². The molecule has 0 aliphatic carbocycles. The Bertz CT molecular complexity index is 1180. The number of nitriles is 2. The average Bonchev–Trinajstić information content (AvgIpc) is 3.25. The van der Waals surface area contributed by atoms with Crippen molar-refractivity contribution < 1.29 is 4.79 Å². The molecule has 0 fully saturated rings. The van der Waals surface area contributed by atoms with Crippen LogP contribution in [0, 0.1) is 29.6 Å². The van der Waals surface area contributed by atoms with E-state index in [2.05, 4.69) is 16.4 Å². The number of nitrogens with zero attached hydrogens (tertiary/aromatic N) is 3. The van der Waals surface area contributed by atoms with Crippen molar-refractivity contribution in [3.05, 3.63) is 57.4 Å². The van der Waals surface area contributed by atoms with E-state index in [0.717, 1.165) is 10.4 Å². The van der Waals surface area contributed by atoms with E-state index in [4.69, 9.17) is 17.3 Å². The number of nitrogens with two attached hydrogens (primary N) is 1. The van der Waals surface area contributed by atoms with E-state index in [0.29, 0.717) is 32.6 Å². The highest BCUT2D eigenvalue weighted by Gasteiger charge is 2.21. The number of pyridine rings is 1. The summed E-state index contributed by atoms with van der Waals surface area (Å²) in [5, 5.41) is 24.9. The van der Waals surface area contributed by atoms with Gasteiger partial charge in [0, 0.05) is 33.3 Å². The standard InChI is InChI=1S/C21H16ClN5OS2/c1-12-15(22)4-2-5-16(12)26-18(28)7-9-30-21-14(11-24)19(17-6-3-8-29-17)13(10-23)20(25)27-21/h2-6,8H,7,9H2,1H3,(H2,25,27)(H,26,28). The lowest BCUT2D eigenvalue weighted by atomic mass is 10.0. The van der Waals surface area contributed by atoms with Crippen molar-refractivity contribution in [2.45, 2.75) is 18.4 Å². The summed E-state index contributed by atoms with van der Waals surface area (Å²) in [7, 11) is 0. The van der Waals surface area contributed by atoms with Crippen molar-refractivity contribution in [2.75, 3.05) is 16.8 Å². The van der Waals surface area contributed by atoms with E-state index < -0.39 is 0 Å². The van der Waals surface area contributed by atoms with Gasteiger partial charge in [0.1, 0.15) is 28.5 Å². The zero-order chi connectivity index (χ0) is 21.7. The number of rotatable bonds is 6. The van der Waals surface area contributed by atoms with Crippen LogP contribution in [0.3, 0.4) is 0 Å². The summed E-state index contributed by atoms with van der Waals surface area (Å²) in [4.78, 5) is 17.3. The van der Waals surface area contributed by atoms with E-state index >= 15 is 0 Å². The first-order valence-electron chi connectivity index (χ1n) is 8.81. The number of halogens is 1. The molecule has 1 aromatic carbocycles. The number of benzene rings is 1. The summed E-state index contributed by atoms with van der Waals surface area (Å²) in [6.07, 6.45) is 0.206. The van der Waals surface area contributed by atoms with E-state index in [9.17, 15) is 15.3 Å². The molecule has 3 aromatic rings. The van der Waals surface area contributed by atoms with Gasteiger partial charge in [0.15, 0.2) is 0 Å². The zero-order valence-corrected chi connectivity index (χ0v) is 18.3. The molecule has 0 bridgehead atoms. The second-order valence-electron chi connectivity index (χ2n) is 6.19. The Morgan fingerprint density at radius 2 is 2.03 bits per heavy atom. The summed E-state index contributed by atoms with van der Waals surface area (Å²) in [6.45, 7) is 1.83. The molecule has 0 unspecified atom stereocenters. The van der Waals surface area contributed by atoms with Crippen LogP contribution in [0.15, 0.2) is 40.7 Å². The van der Waals surface area contributed by atoms with Crippen molar-refractivity contribution in [3.8, 4) is 22.6 Å². The van der Waals surface area contributed by atoms with Gasteiger partial charge in [-0.1, -0.05) is 23.7 Å². The number of nitrogens with one attached hydrogen (secondary N) is 1. The largest absolute Gasteiger partial charge is 0.383 e. The van der Waals surface area contributed by atoms with E-state index in [1.165, 1.54) is 23.1 Å². The Balaban J connectivity index is 1.77. The summed E-state index contributed by atoms with van der Waals surface area (Å²) >= 11 is 8.76. The SMILES string of the molecule is Cc1c(Cl)cccc1NC(=O)CCSc1nc(N)c(C#N)c(-c2cccs2)c1C#N. The molecule has 0 saturated carbocycles. The number of aromatic nitrogens is 1. The molecular weight excluding hydrogens is 438 g/mol. The molecule has 3 rings (SSSR count). The van der Waals surface area contributed by atoms with Crippen molar-refractivity contribution in [1.82, 2.24) is 4.98 Å². The number of thiophene rings is 1. The number of amides is 1. The van der Waals surface area contributed by atoms with Crippen molar-refractivity contribution in [3.63, 3.8) is 0 Å². The number of nitrogen functional groups attached to an aromatic ring is 1. The van der Waals surface area contributed by atoms with Crippen molar-refractivity contribution in [1.29, 1.82) is 10.5 Å². The van der Waals surface area contributed by atoms with E-state index in [-0.39, 0.29) is 23.7 Å². The van der Waals surface area contributed by atoms with E-state index in [1.54, 1.807) is 18.2 Å². The monoisotopic (exact) mass is 453 g/mol. The fraction of sp³-hybridized carbons (Fsp3) is 0.143. The highest BCUT2D eigenvalue weighted by molar-refractivity contribution is 7.99. The first-order chi connectivity index (χ1) is 14.5. The van der Waals surface area contributed by atoms with Crippen molar-refractivity contribution >= 4 is 52.1 Å². The average molecular weight is 454 g/mol. The third-order valence-corrected chi connectivity index (χ3v) is 6.57. The van der Waals surface area contributed by atoms with Crippen LogP contribution in [-0.2, 0) is 4.79 Å². The third kappa shape index (κ3) is 4.58. The number of anilines is 2. The molecule has 9 heteroatoms. The highest BCUT2D eigenvalue weighted by atomic mass is 35.5. The topological polar surface area (TPSA) is 116 Å². The number of hydrogen-bond acceptors (Lipinski definition) is 7. The molecule has 0 aliphatic rings. The minimum atomic E-state index is -0.175. The Morgan fingerprint density at radius 1 is 1.27 bits per heavy atom. The molecule has 3 N–H and O–H groups in total. The second kappa shape index (κ2) is 9.64. The molecule has 2 heterocycles. The fourth-order valence-electron chi connectivity index (χ4n) is 2.77. The van der Waals surface area contributed by atoms with Crippen LogP contribution in [0.1, 0.15) is 23.1 Å². The van der Waals surface area contributed by atoms with E-state index in [1.807, 2.05) is 30.5 Å². The molecule has 0 aliphatic heterocycles. The minimum absolute atomic E-state index is 0.0707. The van der Waals surface area contributed by atoms with Crippen LogP contribution in [0.4, 0.5) is 11.5 Å². The maximum absolute atomic E-state index is 12.3. The molecule has 150 valence electrons. The van der Waals surface area contributed by atoms with Gasteiger partial charge in [-0.3, -0.25) is 4.79 Å². The predicted molar refractivity (Wildman–Crippen MR) is 122 cm³/mol. The fourth-order valence-corrected chi connectivity index (χ4v) is 4.66. The quantitative estimate of drug-likeness (QED) is 0.494. The summed E-state index contributed by atoms with van der Waals surface area (Å²) in [5.41, 5.74) is 8.41. The van der Waals surface area contributed by atoms with Crippen LogP contribution in [0.5, 0.6) is 0 Å². The van der Waals surface area contributed by atoms with Gasteiger partial charge in [-0.2, -0.15) is 10.5 Å². The molecule has 0 spiro atoms. The summed E-state index contributed by atoms with van der Waals surface area (Å²) < 4.78 is 0. The Labute approximate surface area is 187 Å². The number of hydrogen-bond donors (Lipinski definition) is 2. The van der Waals surface area contributed by atoms with Crippen LogP contribution < -0.4 is 11.1 Å². The highest BCUT2D eigenvalue weighted by Crippen LogP contribution is 2.37. The number of carbonyl (C=O) groups excluding carboxylic acids is 1. The minimum Gasteiger partial charge on any atom is -0.383 e. The van der Waals surface area contributed by atoms with Gasteiger partial charge in [-0.15, -0.1) is 23.1 Å². The smallest absolute Gasteiger partial charge is 0.225 e. The summed E-state index contributed by atoms with van der Waals surface area (Å²) in [6, 6.07) is 13.2. The van der Waals surface area contributed by atoms with Crippen LogP contribution in [0.25, 0.3) is 10.4 Å². The van der Waals surface area contributed by atoms with Crippen molar-refractivity contribution in [2.24, 2.45) is 0 Å². The van der Waals surface area contributed by atoms with Crippen LogP contribution >= 0.6 is 34.7 Å². The third-order valence-electron chi connectivity index (χ3n) is 4.29. The van der Waals surface area contributed by atoms with Crippen LogP contribution in [-0.4, -0.2) is 16.6 Å². The van der Waals surface area contributed by atoms with Gasteiger partial charge in [-0.05, 0) is 36.1 Å².